The van der Waals surface area contributed by atoms with Crippen LogP contribution in [0, 0.1) is 5.92 Å². The number of aromatic carboxylic acids is 1. The SMILES string of the molecule is C[C@@H](NS(=O)(=O)c1ccc(O)c(C(=O)O)c1)C1CCCC1. The Labute approximate surface area is 123 Å². The lowest BCUT2D eigenvalue weighted by molar-refractivity contribution is 0.0693. The maximum Gasteiger partial charge on any atom is 0.339 e. The summed E-state index contributed by atoms with van der Waals surface area (Å²) < 4.78 is 27.2. The third-order valence-electron chi connectivity index (χ3n) is 3.96. The second kappa shape index (κ2) is 6.03. The summed E-state index contributed by atoms with van der Waals surface area (Å²) in [5.74, 6) is -1.51. The van der Waals surface area contributed by atoms with Gasteiger partial charge in [0.2, 0.25) is 10.0 Å². The van der Waals surface area contributed by atoms with E-state index in [0.29, 0.717) is 5.92 Å². The molecule has 1 fully saturated rings. The molecular weight excluding hydrogens is 294 g/mol. The molecule has 2 rings (SSSR count). The highest BCUT2D eigenvalue weighted by molar-refractivity contribution is 7.89. The van der Waals surface area contributed by atoms with Gasteiger partial charge in [-0.1, -0.05) is 12.8 Å². The van der Waals surface area contributed by atoms with Crippen molar-refractivity contribution in [1.82, 2.24) is 4.72 Å². The van der Waals surface area contributed by atoms with E-state index in [0.717, 1.165) is 37.8 Å². The molecule has 1 saturated carbocycles. The summed E-state index contributed by atoms with van der Waals surface area (Å²) in [4.78, 5) is 10.8. The Bertz CT molecular complexity index is 635. The van der Waals surface area contributed by atoms with Gasteiger partial charge in [-0.05, 0) is 43.9 Å². The Kier molecular flexibility index (Phi) is 4.53. The number of aromatic hydroxyl groups is 1. The predicted molar refractivity (Wildman–Crippen MR) is 76.8 cm³/mol. The number of hydrogen-bond donors (Lipinski definition) is 3. The van der Waals surface area contributed by atoms with E-state index >= 15 is 0 Å². The Morgan fingerprint density at radius 3 is 2.52 bits per heavy atom. The van der Waals surface area contributed by atoms with Gasteiger partial charge in [0.1, 0.15) is 11.3 Å². The van der Waals surface area contributed by atoms with E-state index in [1.54, 1.807) is 0 Å². The van der Waals surface area contributed by atoms with Crippen LogP contribution < -0.4 is 4.72 Å². The Balaban J connectivity index is 2.23. The number of hydrogen-bond acceptors (Lipinski definition) is 4. The fourth-order valence-corrected chi connectivity index (χ4v) is 4.06. The summed E-state index contributed by atoms with van der Waals surface area (Å²) in [6, 6.07) is 3.06. The molecule has 0 unspecified atom stereocenters. The fraction of sp³-hybridized carbons (Fsp3) is 0.500. The second-order valence-electron chi connectivity index (χ2n) is 5.44. The maximum absolute atomic E-state index is 12.3. The molecule has 0 aromatic heterocycles. The van der Waals surface area contributed by atoms with Gasteiger partial charge < -0.3 is 10.2 Å². The van der Waals surface area contributed by atoms with Crippen molar-refractivity contribution >= 4 is 16.0 Å². The lowest BCUT2D eigenvalue weighted by Crippen LogP contribution is -2.37. The first-order chi connectivity index (χ1) is 9.81. The quantitative estimate of drug-likeness (QED) is 0.771. The van der Waals surface area contributed by atoms with Crippen molar-refractivity contribution in [2.45, 2.75) is 43.5 Å². The summed E-state index contributed by atoms with van der Waals surface area (Å²) in [7, 11) is -3.79. The molecule has 0 aliphatic heterocycles. The van der Waals surface area contributed by atoms with Crippen LogP contribution in [-0.2, 0) is 10.0 Å². The number of carbonyl (C=O) groups is 1. The largest absolute Gasteiger partial charge is 0.507 e. The van der Waals surface area contributed by atoms with Crippen LogP contribution in [0.15, 0.2) is 23.1 Å². The van der Waals surface area contributed by atoms with Gasteiger partial charge in [-0.3, -0.25) is 0 Å². The zero-order valence-corrected chi connectivity index (χ0v) is 12.6. The van der Waals surface area contributed by atoms with Crippen LogP contribution in [-0.4, -0.2) is 30.6 Å². The molecule has 0 saturated heterocycles. The highest BCUT2D eigenvalue weighted by Crippen LogP contribution is 2.28. The molecule has 0 radical (unpaired) electrons. The Hall–Kier alpha value is -1.60. The van der Waals surface area contributed by atoms with Crippen LogP contribution in [0.2, 0.25) is 0 Å². The van der Waals surface area contributed by atoms with Gasteiger partial charge in [0, 0.05) is 6.04 Å². The molecule has 1 aliphatic rings. The van der Waals surface area contributed by atoms with Crippen molar-refractivity contribution in [2.75, 3.05) is 0 Å². The summed E-state index contributed by atoms with van der Waals surface area (Å²) in [5.41, 5.74) is -0.425. The van der Waals surface area contributed by atoms with Crippen molar-refractivity contribution < 1.29 is 23.4 Å². The van der Waals surface area contributed by atoms with Gasteiger partial charge in [-0.25, -0.2) is 17.9 Å². The van der Waals surface area contributed by atoms with Gasteiger partial charge in [0.25, 0.3) is 0 Å². The first-order valence-electron chi connectivity index (χ1n) is 6.90. The highest BCUT2D eigenvalue weighted by atomic mass is 32.2. The number of sulfonamides is 1. The molecule has 0 amide bonds. The van der Waals surface area contributed by atoms with Gasteiger partial charge in [0.05, 0.1) is 4.90 Å². The summed E-state index contributed by atoms with van der Waals surface area (Å²) in [6.45, 7) is 1.83. The third-order valence-corrected chi connectivity index (χ3v) is 5.51. The van der Waals surface area contributed by atoms with Crippen molar-refractivity contribution in [3.63, 3.8) is 0 Å². The van der Waals surface area contributed by atoms with Crippen molar-refractivity contribution in [2.24, 2.45) is 5.92 Å². The van der Waals surface area contributed by atoms with Crippen molar-refractivity contribution in [3.05, 3.63) is 23.8 Å². The summed E-state index contributed by atoms with van der Waals surface area (Å²) in [6.07, 6.45) is 4.22. The molecule has 1 aliphatic carbocycles. The number of nitrogens with one attached hydrogen (secondary N) is 1. The smallest absolute Gasteiger partial charge is 0.339 e. The first-order valence-corrected chi connectivity index (χ1v) is 8.38. The molecule has 0 bridgehead atoms. The minimum absolute atomic E-state index is 0.150. The highest BCUT2D eigenvalue weighted by Gasteiger charge is 2.27. The van der Waals surface area contributed by atoms with Gasteiger partial charge >= 0.3 is 5.97 Å². The van der Waals surface area contributed by atoms with E-state index < -0.39 is 27.3 Å². The normalized spacial score (nSPS) is 17.8. The average Bonchev–Trinajstić information content (AvgIpc) is 2.92. The molecule has 1 atom stereocenters. The van der Waals surface area contributed by atoms with E-state index in [4.69, 9.17) is 5.11 Å². The molecule has 0 heterocycles. The Morgan fingerprint density at radius 2 is 1.95 bits per heavy atom. The van der Waals surface area contributed by atoms with Crippen LogP contribution >= 0.6 is 0 Å². The molecule has 116 valence electrons. The Morgan fingerprint density at radius 1 is 1.33 bits per heavy atom. The van der Waals surface area contributed by atoms with Gasteiger partial charge in [0.15, 0.2) is 0 Å². The topological polar surface area (TPSA) is 104 Å². The monoisotopic (exact) mass is 313 g/mol. The zero-order chi connectivity index (χ0) is 15.6. The number of rotatable bonds is 5. The second-order valence-corrected chi connectivity index (χ2v) is 7.15. The number of carboxylic acids is 1. The van der Waals surface area contributed by atoms with Crippen molar-refractivity contribution in [3.8, 4) is 5.75 Å². The third kappa shape index (κ3) is 3.54. The minimum atomic E-state index is -3.79. The van der Waals surface area contributed by atoms with Gasteiger partial charge in [-0.2, -0.15) is 0 Å². The molecule has 6 nitrogen and oxygen atoms in total. The maximum atomic E-state index is 12.3. The van der Waals surface area contributed by atoms with Crippen LogP contribution in [0.5, 0.6) is 5.75 Å². The zero-order valence-electron chi connectivity index (χ0n) is 11.7. The van der Waals surface area contributed by atoms with Crippen LogP contribution in [0.25, 0.3) is 0 Å². The van der Waals surface area contributed by atoms with Crippen LogP contribution in [0.1, 0.15) is 43.0 Å². The van der Waals surface area contributed by atoms with E-state index in [9.17, 15) is 18.3 Å². The summed E-state index contributed by atoms with van der Waals surface area (Å²) in [5, 5.41) is 18.4. The van der Waals surface area contributed by atoms with Crippen LogP contribution in [0.3, 0.4) is 0 Å². The van der Waals surface area contributed by atoms with Gasteiger partial charge in [-0.15, -0.1) is 0 Å². The number of benzene rings is 1. The molecule has 21 heavy (non-hydrogen) atoms. The fourth-order valence-electron chi connectivity index (χ4n) is 2.72. The summed E-state index contributed by atoms with van der Waals surface area (Å²) >= 11 is 0. The molecule has 3 N–H and O–H groups in total. The van der Waals surface area contributed by atoms with E-state index in [1.165, 1.54) is 6.07 Å². The van der Waals surface area contributed by atoms with Crippen molar-refractivity contribution in [1.29, 1.82) is 0 Å². The lowest BCUT2D eigenvalue weighted by atomic mass is 10.0. The van der Waals surface area contributed by atoms with E-state index in [-0.39, 0.29) is 10.9 Å². The minimum Gasteiger partial charge on any atom is -0.507 e. The molecule has 1 aromatic carbocycles. The molecule has 7 heteroatoms. The molecule has 1 aromatic rings. The van der Waals surface area contributed by atoms with E-state index in [1.807, 2.05) is 6.92 Å². The molecular formula is C14H19NO5S. The standard InChI is InChI=1S/C14H19NO5S/c1-9(10-4-2-3-5-10)15-21(19,20)11-6-7-13(16)12(8-11)14(17)18/h6-10,15-16H,2-5H2,1H3,(H,17,18)/t9-/m1/s1. The average molecular weight is 313 g/mol. The van der Waals surface area contributed by atoms with E-state index in [2.05, 4.69) is 4.72 Å². The lowest BCUT2D eigenvalue weighted by Gasteiger charge is -2.20. The predicted octanol–water partition coefficient (Wildman–Crippen LogP) is 1.95. The molecule has 0 spiro atoms. The first kappa shape index (κ1) is 15.8. The van der Waals surface area contributed by atoms with Crippen LogP contribution in [0.4, 0.5) is 0 Å². The number of carboxylic acid groups (broad SMARTS) is 1. The number of phenols is 1.